The van der Waals surface area contributed by atoms with Gasteiger partial charge < -0.3 is 0 Å². The van der Waals surface area contributed by atoms with E-state index < -0.39 is 5.25 Å². The fourth-order valence-corrected chi connectivity index (χ4v) is 4.77. The molecule has 3 aromatic rings. The zero-order chi connectivity index (χ0) is 18.1. The molecule has 7 heteroatoms. The Morgan fingerprint density at radius 1 is 1.12 bits per heavy atom. The Bertz CT molecular complexity index is 974. The van der Waals surface area contributed by atoms with E-state index in [-0.39, 0.29) is 16.9 Å². The Balaban J connectivity index is 1.57. The zero-order valence-corrected chi connectivity index (χ0v) is 15.2. The fourth-order valence-electron chi connectivity index (χ4n) is 2.76. The lowest BCUT2D eigenvalue weighted by Crippen LogP contribution is -2.29. The lowest BCUT2D eigenvalue weighted by atomic mass is 10.1. The maximum absolute atomic E-state index is 13.8. The molecule has 1 unspecified atom stereocenters. The molecule has 1 atom stereocenters. The summed E-state index contributed by atoms with van der Waals surface area (Å²) in [6.07, 6.45) is 2.06. The van der Waals surface area contributed by atoms with Gasteiger partial charge in [0.1, 0.15) is 11.1 Å². The molecule has 1 aliphatic heterocycles. The van der Waals surface area contributed by atoms with Gasteiger partial charge in [-0.1, -0.05) is 60.3 Å². The first-order valence-electron chi connectivity index (χ1n) is 7.95. The van der Waals surface area contributed by atoms with Crippen molar-refractivity contribution in [3.05, 3.63) is 82.6 Å². The summed E-state index contributed by atoms with van der Waals surface area (Å²) in [5, 5.41) is 8.38. The van der Waals surface area contributed by atoms with Crippen LogP contribution in [0.3, 0.4) is 0 Å². The van der Waals surface area contributed by atoms with E-state index in [1.807, 2.05) is 30.3 Å². The predicted molar refractivity (Wildman–Crippen MR) is 103 cm³/mol. The quantitative estimate of drug-likeness (QED) is 0.715. The van der Waals surface area contributed by atoms with Crippen molar-refractivity contribution in [1.82, 2.24) is 4.98 Å². The summed E-state index contributed by atoms with van der Waals surface area (Å²) in [5.74, 6) is -0.426. The van der Waals surface area contributed by atoms with Crippen LogP contribution in [0.1, 0.15) is 21.3 Å². The molecule has 1 saturated heterocycles. The summed E-state index contributed by atoms with van der Waals surface area (Å²) in [6.45, 7) is 0. The Hall–Kier alpha value is -2.51. The van der Waals surface area contributed by atoms with E-state index >= 15 is 0 Å². The van der Waals surface area contributed by atoms with Crippen LogP contribution in [0.25, 0.3) is 0 Å². The second-order valence-electron chi connectivity index (χ2n) is 5.76. The number of carbonyl (C=O) groups is 1. The van der Waals surface area contributed by atoms with Crippen LogP contribution in [0.15, 0.2) is 60.8 Å². The van der Waals surface area contributed by atoms with Crippen LogP contribution in [0.2, 0.25) is 0 Å². The minimum absolute atomic E-state index is 0.163. The first-order valence-corrected chi connectivity index (χ1v) is 9.65. The number of nitrogens with one attached hydrogen (secondary N) is 1. The van der Waals surface area contributed by atoms with E-state index in [2.05, 4.69) is 4.98 Å². The van der Waals surface area contributed by atoms with Crippen molar-refractivity contribution in [1.29, 1.82) is 5.41 Å². The minimum atomic E-state index is -0.428. The number of halogens is 1. The molecule has 4 nitrogen and oxygen atoms in total. The van der Waals surface area contributed by atoms with Gasteiger partial charge in [0.2, 0.25) is 0 Å². The fraction of sp³-hybridized carbons (Fsp3) is 0.105. The molecule has 1 amide bonds. The van der Waals surface area contributed by atoms with Gasteiger partial charge in [-0.05, 0) is 17.2 Å². The molecule has 2 heterocycles. The molecule has 0 saturated carbocycles. The molecule has 1 fully saturated rings. The van der Waals surface area contributed by atoms with E-state index in [4.69, 9.17) is 5.41 Å². The molecular weight excluding hydrogens is 369 g/mol. The number of nitrogens with zero attached hydrogens (tertiary/aromatic N) is 2. The van der Waals surface area contributed by atoms with Gasteiger partial charge >= 0.3 is 0 Å². The second kappa shape index (κ2) is 7.01. The summed E-state index contributed by atoms with van der Waals surface area (Å²) in [6, 6.07) is 16.0. The van der Waals surface area contributed by atoms with Gasteiger partial charge in [0.05, 0.1) is 0 Å². The van der Waals surface area contributed by atoms with E-state index in [0.717, 1.165) is 10.4 Å². The molecule has 1 N–H and O–H groups in total. The van der Waals surface area contributed by atoms with Gasteiger partial charge in [0.25, 0.3) is 5.91 Å². The van der Waals surface area contributed by atoms with Crippen molar-refractivity contribution in [2.24, 2.45) is 0 Å². The van der Waals surface area contributed by atoms with Crippen LogP contribution in [0.5, 0.6) is 0 Å². The smallest absolute Gasteiger partial charge is 0.253 e. The predicted octanol–water partition coefficient (Wildman–Crippen LogP) is 4.63. The maximum atomic E-state index is 13.8. The summed E-state index contributed by atoms with van der Waals surface area (Å²) >= 11 is 2.52. The summed E-state index contributed by atoms with van der Waals surface area (Å²) in [5.41, 5.74) is 1.46. The highest BCUT2D eigenvalue weighted by Gasteiger charge is 2.40. The molecule has 1 aromatic heterocycles. The van der Waals surface area contributed by atoms with Crippen LogP contribution in [-0.2, 0) is 11.2 Å². The number of carbonyl (C=O) groups excluding carboxylic acids is 1. The average Bonchev–Trinajstić information content (AvgIpc) is 3.21. The molecule has 0 spiro atoms. The number of anilines is 1. The van der Waals surface area contributed by atoms with Gasteiger partial charge in [-0.2, -0.15) is 0 Å². The normalized spacial score (nSPS) is 17.1. The minimum Gasteiger partial charge on any atom is -0.278 e. The molecular formula is C19H14FN3OS2. The van der Waals surface area contributed by atoms with E-state index in [0.29, 0.717) is 17.1 Å². The number of rotatable bonds is 4. The van der Waals surface area contributed by atoms with Crippen molar-refractivity contribution in [2.45, 2.75) is 11.7 Å². The highest BCUT2D eigenvalue weighted by Crippen LogP contribution is 2.42. The number of thiazole rings is 1. The van der Waals surface area contributed by atoms with Crippen LogP contribution < -0.4 is 4.90 Å². The topological polar surface area (TPSA) is 57.1 Å². The van der Waals surface area contributed by atoms with Crippen molar-refractivity contribution in [3.8, 4) is 0 Å². The molecule has 0 bridgehead atoms. The van der Waals surface area contributed by atoms with Crippen LogP contribution in [0.4, 0.5) is 9.52 Å². The lowest BCUT2D eigenvalue weighted by molar-refractivity contribution is -0.117. The number of thioether (sulfide) groups is 1. The summed E-state index contributed by atoms with van der Waals surface area (Å²) in [4.78, 5) is 19.3. The van der Waals surface area contributed by atoms with Crippen molar-refractivity contribution in [2.75, 3.05) is 4.90 Å². The Labute approximate surface area is 158 Å². The number of aromatic nitrogens is 1. The third kappa shape index (κ3) is 3.15. The van der Waals surface area contributed by atoms with Gasteiger partial charge in [-0.15, -0.1) is 11.3 Å². The number of benzene rings is 2. The molecule has 4 rings (SSSR count). The molecule has 0 radical (unpaired) electrons. The van der Waals surface area contributed by atoms with Crippen LogP contribution in [0, 0.1) is 11.2 Å². The monoisotopic (exact) mass is 383 g/mol. The van der Waals surface area contributed by atoms with Crippen molar-refractivity contribution < 1.29 is 9.18 Å². The highest BCUT2D eigenvalue weighted by molar-refractivity contribution is 8.15. The van der Waals surface area contributed by atoms with Crippen molar-refractivity contribution in [3.63, 3.8) is 0 Å². The number of amides is 1. The zero-order valence-electron chi connectivity index (χ0n) is 13.6. The second-order valence-corrected chi connectivity index (χ2v) is 7.95. The first-order chi connectivity index (χ1) is 12.6. The standard InChI is InChI=1S/C19H14FN3OS2/c20-15-9-5-4-8-13(15)10-14-11-22-19(25-14)23-17(24)16(26-18(23)21)12-6-2-1-3-7-12/h1-9,11,16,21H,10H2. The number of amidine groups is 1. The van der Waals surface area contributed by atoms with E-state index in [1.165, 1.54) is 34.1 Å². The maximum Gasteiger partial charge on any atom is 0.253 e. The van der Waals surface area contributed by atoms with Gasteiger partial charge in [-0.25, -0.2) is 14.3 Å². The van der Waals surface area contributed by atoms with Crippen LogP contribution in [-0.4, -0.2) is 16.1 Å². The largest absolute Gasteiger partial charge is 0.278 e. The molecule has 0 aliphatic carbocycles. The first kappa shape index (κ1) is 16.9. The summed E-state index contributed by atoms with van der Waals surface area (Å²) < 4.78 is 13.8. The Morgan fingerprint density at radius 2 is 1.85 bits per heavy atom. The number of hydrogen-bond donors (Lipinski definition) is 1. The van der Waals surface area contributed by atoms with Crippen molar-refractivity contribution >= 4 is 39.3 Å². The number of hydrogen-bond acceptors (Lipinski definition) is 5. The Morgan fingerprint density at radius 3 is 2.62 bits per heavy atom. The molecule has 2 aromatic carbocycles. The third-order valence-electron chi connectivity index (χ3n) is 4.03. The molecule has 26 heavy (non-hydrogen) atoms. The van der Waals surface area contributed by atoms with Gasteiger partial charge in [-0.3, -0.25) is 10.2 Å². The van der Waals surface area contributed by atoms with Gasteiger partial charge in [0, 0.05) is 17.5 Å². The van der Waals surface area contributed by atoms with Gasteiger partial charge in [0.15, 0.2) is 10.3 Å². The highest BCUT2D eigenvalue weighted by atomic mass is 32.2. The average molecular weight is 383 g/mol. The summed E-state index contributed by atoms with van der Waals surface area (Å²) in [7, 11) is 0. The lowest BCUT2D eigenvalue weighted by Gasteiger charge is -2.11. The third-order valence-corrected chi connectivity index (χ3v) is 6.13. The van der Waals surface area contributed by atoms with E-state index in [9.17, 15) is 9.18 Å². The SMILES string of the molecule is N=C1SC(c2ccccc2)C(=O)N1c1ncc(Cc2ccccc2F)s1. The molecule has 130 valence electrons. The van der Waals surface area contributed by atoms with Crippen LogP contribution >= 0.6 is 23.1 Å². The molecule has 1 aliphatic rings. The Kier molecular flexibility index (Phi) is 4.57. The van der Waals surface area contributed by atoms with E-state index in [1.54, 1.807) is 24.4 Å².